The minimum absolute atomic E-state index is 0.0223. The zero-order chi connectivity index (χ0) is 23.3. The summed E-state index contributed by atoms with van der Waals surface area (Å²) < 4.78 is 5.02. The summed E-state index contributed by atoms with van der Waals surface area (Å²) in [4.78, 5) is 25.3. The second-order valence-electron chi connectivity index (χ2n) is 10.2. The number of nitrogens with one attached hydrogen (secondary N) is 2. The summed E-state index contributed by atoms with van der Waals surface area (Å²) in [5.74, 6) is -0.111. The maximum Gasteiger partial charge on any atom is 0.224 e. The van der Waals surface area contributed by atoms with E-state index in [1.807, 2.05) is 37.3 Å². The van der Waals surface area contributed by atoms with Crippen molar-refractivity contribution in [2.45, 2.75) is 65.0 Å². The van der Waals surface area contributed by atoms with Gasteiger partial charge in [-0.2, -0.15) is 0 Å². The maximum atomic E-state index is 12.7. The number of hydrogen-bond donors (Lipinski definition) is 3. The molecule has 1 aromatic carbocycles. The molecule has 0 saturated heterocycles. The molecular weight excluding hydrogens is 404 g/mol. The van der Waals surface area contributed by atoms with E-state index in [0.717, 1.165) is 31.2 Å². The molecule has 2 amide bonds. The zero-order valence-electron chi connectivity index (χ0n) is 20.0. The van der Waals surface area contributed by atoms with Crippen LogP contribution < -0.4 is 10.6 Å². The number of fused-ring (bicyclic) bond motifs is 1. The van der Waals surface area contributed by atoms with Crippen LogP contribution in [0.5, 0.6) is 0 Å². The number of benzene rings is 1. The second kappa shape index (κ2) is 10.8. The van der Waals surface area contributed by atoms with Crippen LogP contribution in [0.1, 0.15) is 52.0 Å². The van der Waals surface area contributed by atoms with Crippen molar-refractivity contribution in [1.29, 1.82) is 0 Å². The molecule has 178 valence electrons. The molecule has 0 aliphatic heterocycles. The number of aliphatic hydroxyl groups is 1. The molecule has 1 aromatic rings. The van der Waals surface area contributed by atoms with Gasteiger partial charge in [0.1, 0.15) is 0 Å². The molecule has 2 fully saturated rings. The van der Waals surface area contributed by atoms with Gasteiger partial charge in [-0.15, -0.1) is 0 Å². The molecule has 0 aromatic heterocycles. The molecule has 6 heteroatoms. The summed E-state index contributed by atoms with van der Waals surface area (Å²) >= 11 is 0. The lowest BCUT2D eigenvalue weighted by atomic mass is 9.51. The molecule has 0 spiro atoms. The lowest BCUT2D eigenvalue weighted by Gasteiger charge is -2.56. The van der Waals surface area contributed by atoms with Crippen molar-refractivity contribution in [2.75, 3.05) is 20.3 Å². The minimum Gasteiger partial charge on any atom is -0.392 e. The van der Waals surface area contributed by atoms with E-state index in [4.69, 9.17) is 4.74 Å². The minimum atomic E-state index is -0.555. The third kappa shape index (κ3) is 5.52. The van der Waals surface area contributed by atoms with Crippen molar-refractivity contribution in [1.82, 2.24) is 10.6 Å². The van der Waals surface area contributed by atoms with Gasteiger partial charge in [0.05, 0.1) is 19.1 Å². The fraction of sp³-hybridized carbons (Fsp3) is 0.692. The standard InChI is InChI=1S/C26H40N2O4/c1-17(25(31)27-14-15-32-4)20-10-12-26(3)13-11-21(18(2)23(26)24(20)30)28-22(29)16-19-8-6-5-7-9-19/h5-9,17-18,20-21,23-24,30H,10-16H2,1-4H3,(H,27,31)(H,28,29)/t17-,18-,20-,21-,23+,24-,26+/m0/s1. The van der Waals surface area contributed by atoms with E-state index >= 15 is 0 Å². The summed E-state index contributed by atoms with van der Waals surface area (Å²) in [7, 11) is 1.61. The lowest BCUT2D eigenvalue weighted by molar-refractivity contribution is -0.143. The number of ether oxygens (including phenoxy) is 1. The number of amides is 2. The molecule has 3 rings (SSSR count). The molecule has 0 bridgehead atoms. The Bertz CT molecular complexity index is 770. The van der Waals surface area contributed by atoms with E-state index in [-0.39, 0.29) is 46.9 Å². The molecule has 0 heterocycles. The van der Waals surface area contributed by atoms with E-state index < -0.39 is 6.10 Å². The van der Waals surface area contributed by atoms with Gasteiger partial charge in [-0.1, -0.05) is 51.1 Å². The fourth-order valence-corrected chi connectivity index (χ4v) is 6.17. The quantitative estimate of drug-likeness (QED) is 0.538. The van der Waals surface area contributed by atoms with E-state index in [1.54, 1.807) is 7.11 Å². The fourth-order valence-electron chi connectivity index (χ4n) is 6.17. The highest BCUT2D eigenvalue weighted by Gasteiger charge is 2.53. The molecule has 3 N–H and O–H groups in total. The van der Waals surface area contributed by atoms with Crippen molar-refractivity contribution in [3.63, 3.8) is 0 Å². The summed E-state index contributed by atoms with van der Waals surface area (Å²) in [5.41, 5.74) is 1.05. The van der Waals surface area contributed by atoms with Crippen LogP contribution in [0.4, 0.5) is 0 Å². The molecule has 6 nitrogen and oxygen atoms in total. The Morgan fingerprint density at radius 1 is 1.22 bits per heavy atom. The average molecular weight is 445 g/mol. The smallest absolute Gasteiger partial charge is 0.224 e. The summed E-state index contributed by atoms with van der Waals surface area (Å²) in [5, 5.41) is 17.6. The van der Waals surface area contributed by atoms with Crippen LogP contribution in [0.25, 0.3) is 0 Å². The predicted molar refractivity (Wildman–Crippen MR) is 125 cm³/mol. The van der Waals surface area contributed by atoms with Gasteiger partial charge in [0.2, 0.25) is 11.8 Å². The first-order valence-corrected chi connectivity index (χ1v) is 12.0. The first-order chi connectivity index (χ1) is 15.3. The Labute approximate surface area is 192 Å². The van der Waals surface area contributed by atoms with Gasteiger partial charge in [0.15, 0.2) is 0 Å². The first-order valence-electron chi connectivity index (χ1n) is 12.0. The van der Waals surface area contributed by atoms with Crippen molar-refractivity contribution in [3.05, 3.63) is 35.9 Å². The molecule has 0 unspecified atom stereocenters. The van der Waals surface area contributed by atoms with E-state index in [1.165, 1.54) is 0 Å². The van der Waals surface area contributed by atoms with Gasteiger partial charge < -0.3 is 20.5 Å². The molecule has 2 aliphatic carbocycles. The van der Waals surface area contributed by atoms with E-state index in [2.05, 4.69) is 24.5 Å². The molecule has 2 aliphatic rings. The van der Waals surface area contributed by atoms with Crippen molar-refractivity contribution < 1.29 is 19.4 Å². The van der Waals surface area contributed by atoms with Crippen molar-refractivity contribution in [2.24, 2.45) is 29.1 Å². The average Bonchev–Trinajstić information content (AvgIpc) is 2.76. The van der Waals surface area contributed by atoms with Crippen LogP contribution in [0.15, 0.2) is 30.3 Å². The predicted octanol–water partition coefficient (Wildman–Crippen LogP) is 2.94. The molecule has 2 saturated carbocycles. The van der Waals surface area contributed by atoms with Crippen LogP contribution in [0, 0.1) is 29.1 Å². The zero-order valence-corrected chi connectivity index (χ0v) is 20.0. The third-order valence-electron chi connectivity index (χ3n) is 8.10. The van der Waals surface area contributed by atoms with Gasteiger partial charge in [-0.25, -0.2) is 0 Å². The van der Waals surface area contributed by atoms with Crippen LogP contribution in [-0.2, 0) is 20.7 Å². The SMILES string of the molecule is COCCNC(=O)[C@@H](C)[C@@H]1CC[C@]2(C)CC[C@H](NC(=O)Cc3ccccc3)[C@H](C)[C@@H]2[C@H]1O. The lowest BCUT2D eigenvalue weighted by Crippen LogP contribution is -2.58. The normalized spacial score (nSPS) is 33.1. The summed E-state index contributed by atoms with van der Waals surface area (Å²) in [6.45, 7) is 7.32. The van der Waals surface area contributed by atoms with Crippen LogP contribution in [0.2, 0.25) is 0 Å². The number of rotatable bonds is 8. The van der Waals surface area contributed by atoms with Crippen molar-refractivity contribution in [3.8, 4) is 0 Å². The van der Waals surface area contributed by atoms with E-state index in [9.17, 15) is 14.7 Å². The third-order valence-corrected chi connectivity index (χ3v) is 8.10. The molecule has 32 heavy (non-hydrogen) atoms. The highest BCUT2D eigenvalue weighted by Crippen LogP contribution is 2.55. The number of hydrogen-bond acceptors (Lipinski definition) is 4. The highest BCUT2D eigenvalue weighted by atomic mass is 16.5. The summed E-state index contributed by atoms with van der Waals surface area (Å²) in [6, 6.07) is 9.82. The van der Waals surface area contributed by atoms with Gasteiger partial charge in [-0.3, -0.25) is 9.59 Å². The Morgan fingerprint density at radius 2 is 1.91 bits per heavy atom. The Kier molecular flexibility index (Phi) is 8.34. The van der Waals surface area contributed by atoms with Gasteiger partial charge in [-0.05, 0) is 54.4 Å². The van der Waals surface area contributed by atoms with Crippen LogP contribution >= 0.6 is 0 Å². The largest absolute Gasteiger partial charge is 0.392 e. The molecule has 0 radical (unpaired) electrons. The topological polar surface area (TPSA) is 87.7 Å². The Morgan fingerprint density at radius 3 is 2.59 bits per heavy atom. The monoisotopic (exact) mass is 444 g/mol. The number of carbonyl (C=O) groups is 2. The molecular formula is C26H40N2O4. The van der Waals surface area contributed by atoms with Crippen LogP contribution in [0.3, 0.4) is 0 Å². The van der Waals surface area contributed by atoms with Crippen molar-refractivity contribution >= 4 is 11.8 Å². The first kappa shape index (κ1) is 24.7. The van der Waals surface area contributed by atoms with E-state index in [0.29, 0.717) is 19.6 Å². The number of methoxy groups -OCH3 is 1. The maximum absolute atomic E-state index is 12.7. The van der Waals surface area contributed by atoms with Gasteiger partial charge in [0.25, 0.3) is 0 Å². The van der Waals surface area contributed by atoms with Crippen LogP contribution in [-0.4, -0.2) is 49.3 Å². The van der Waals surface area contributed by atoms with Gasteiger partial charge >= 0.3 is 0 Å². The summed E-state index contributed by atoms with van der Waals surface area (Å²) in [6.07, 6.45) is 3.58. The number of aliphatic hydroxyl groups excluding tert-OH is 1. The molecule has 7 atom stereocenters. The Hall–Kier alpha value is -1.92. The Balaban J connectivity index is 1.65. The highest BCUT2D eigenvalue weighted by molar-refractivity contribution is 5.79. The number of carbonyl (C=O) groups excluding carboxylic acids is 2. The van der Waals surface area contributed by atoms with Gasteiger partial charge in [0, 0.05) is 25.6 Å². The second-order valence-corrected chi connectivity index (χ2v) is 10.2.